The highest BCUT2D eigenvalue weighted by Gasteiger charge is 2.47. The quantitative estimate of drug-likeness (QED) is 0.234. The molecule has 0 aromatic heterocycles. The molecule has 0 spiro atoms. The molecule has 1 fully saturated rings. The van der Waals surface area contributed by atoms with Crippen molar-refractivity contribution in [2.24, 2.45) is 11.0 Å². The second-order valence-corrected chi connectivity index (χ2v) is 24.1. The molecule has 4 atom stereocenters. The standard InChI is InChI=1S/C30H49F2N3O5Si2/c1-19-25(27(37)35(34-19)21-13-15-22(16-14-21)38-28(31)32)26(36)33-20-12-17-23(39-41(8,9)29(2,3)4)24(18-20)40-42(10,11)30(5,6)7/h13-16,20,23-25,28H,12,17-18H2,1-11H3,(H,33,36). The first-order valence-electron chi connectivity index (χ1n) is 14.7. The average Bonchev–Trinajstić information content (AvgIpc) is 3.13. The van der Waals surface area contributed by atoms with Gasteiger partial charge in [0.15, 0.2) is 22.6 Å². The summed E-state index contributed by atoms with van der Waals surface area (Å²) in [7, 11) is -4.20. The van der Waals surface area contributed by atoms with Crippen LogP contribution in [0.4, 0.5) is 14.5 Å². The zero-order valence-corrected chi connectivity index (χ0v) is 29.0. The Morgan fingerprint density at radius 2 is 1.48 bits per heavy atom. The summed E-state index contributed by atoms with van der Waals surface area (Å²) in [6.07, 6.45) is 1.84. The highest BCUT2D eigenvalue weighted by atomic mass is 28.4. The number of carbonyl (C=O) groups is 2. The van der Waals surface area contributed by atoms with Crippen LogP contribution in [0.1, 0.15) is 67.7 Å². The van der Waals surface area contributed by atoms with Gasteiger partial charge in [-0.2, -0.15) is 18.9 Å². The zero-order chi connectivity index (χ0) is 31.8. The maximum absolute atomic E-state index is 13.5. The summed E-state index contributed by atoms with van der Waals surface area (Å²) in [6.45, 7) is 21.0. The van der Waals surface area contributed by atoms with Gasteiger partial charge in [-0.3, -0.25) is 9.59 Å². The summed E-state index contributed by atoms with van der Waals surface area (Å²) >= 11 is 0. The van der Waals surface area contributed by atoms with Crippen LogP contribution in [0.5, 0.6) is 5.75 Å². The smallest absolute Gasteiger partial charge is 0.387 e. The number of ether oxygens (including phenoxy) is 1. The maximum Gasteiger partial charge on any atom is 0.387 e. The van der Waals surface area contributed by atoms with Crippen molar-refractivity contribution in [3.8, 4) is 5.75 Å². The molecule has 1 saturated carbocycles. The Morgan fingerprint density at radius 1 is 0.952 bits per heavy atom. The van der Waals surface area contributed by atoms with Gasteiger partial charge in [0.2, 0.25) is 5.91 Å². The van der Waals surface area contributed by atoms with Gasteiger partial charge in [-0.25, -0.2) is 0 Å². The van der Waals surface area contributed by atoms with Gasteiger partial charge in [-0.15, -0.1) is 0 Å². The number of rotatable bonds is 9. The predicted molar refractivity (Wildman–Crippen MR) is 167 cm³/mol. The number of hydrogen-bond donors (Lipinski definition) is 1. The van der Waals surface area contributed by atoms with Gasteiger partial charge in [-0.05, 0) is 86.7 Å². The molecule has 12 heteroatoms. The van der Waals surface area contributed by atoms with Gasteiger partial charge in [0, 0.05) is 6.04 Å². The number of halogens is 2. The third-order valence-corrected chi connectivity index (χ3v) is 18.3. The van der Waals surface area contributed by atoms with Gasteiger partial charge in [0.25, 0.3) is 5.91 Å². The number of anilines is 1. The summed E-state index contributed by atoms with van der Waals surface area (Å²) in [5.41, 5.74) is 0.733. The van der Waals surface area contributed by atoms with Crippen LogP contribution < -0.4 is 15.1 Å². The van der Waals surface area contributed by atoms with Crippen LogP contribution in [0.15, 0.2) is 29.4 Å². The number of nitrogens with one attached hydrogen (secondary N) is 1. The van der Waals surface area contributed by atoms with E-state index < -0.39 is 41.0 Å². The summed E-state index contributed by atoms with van der Waals surface area (Å²) in [6, 6.07) is 5.41. The zero-order valence-electron chi connectivity index (χ0n) is 27.0. The molecule has 0 radical (unpaired) electrons. The lowest BCUT2D eigenvalue weighted by molar-refractivity contribution is -0.131. The van der Waals surface area contributed by atoms with Crippen LogP contribution in [0, 0.1) is 5.92 Å². The van der Waals surface area contributed by atoms with Crippen LogP contribution in [0.25, 0.3) is 0 Å². The van der Waals surface area contributed by atoms with Gasteiger partial charge in [-0.1, -0.05) is 41.5 Å². The number of hydrogen-bond acceptors (Lipinski definition) is 6. The Morgan fingerprint density at radius 3 is 1.98 bits per heavy atom. The molecular weight excluding hydrogens is 577 g/mol. The number of benzene rings is 1. The molecule has 2 aliphatic rings. The van der Waals surface area contributed by atoms with E-state index in [1.54, 1.807) is 6.92 Å². The molecule has 8 nitrogen and oxygen atoms in total. The van der Waals surface area contributed by atoms with Crippen LogP contribution in [-0.4, -0.2) is 59.0 Å². The van der Waals surface area contributed by atoms with Gasteiger partial charge >= 0.3 is 6.61 Å². The number of amides is 2. The predicted octanol–water partition coefficient (Wildman–Crippen LogP) is 7.08. The average molecular weight is 626 g/mol. The molecule has 4 unspecified atom stereocenters. The molecule has 1 aromatic rings. The minimum Gasteiger partial charge on any atom is -0.435 e. The van der Waals surface area contributed by atoms with E-state index in [-0.39, 0.29) is 34.1 Å². The maximum atomic E-state index is 13.5. The Bertz CT molecular complexity index is 1160. The SMILES string of the molecule is CC1=NN(c2ccc(OC(F)F)cc2)C(=O)C1C(=O)NC1CCC(O[Si](C)(C)C(C)(C)C)C(O[Si](C)(C)C(C)(C)C)C1. The third-order valence-electron chi connectivity index (χ3n) is 9.28. The minimum atomic E-state index is -2.95. The van der Waals surface area contributed by atoms with E-state index in [0.29, 0.717) is 17.8 Å². The van der Waals surface area contributed by atoms with Crippen LogP contribution >= 0.6 is 0 Å². The Kier molecular flexibility index (Phi) is 10.2. The van der Waals surface area contributed by atoms with Crippen molar-refractivity contribution in [1.82, 2.24) is 5.32 Å². The van der Waals surface area contributed by atoms with Gasteiger partial charge in [0.1, 0.15) is 5.75 Å². The van der Waals surface area contributed by atoms with Crippen molar-refractivity contribution in [1.29, 1.82) is 0 Å². The lowest BCUT2D eigenvalue weighted by Gasteiger charge is -2.48. The van der Waals surface area contributed by atoms with Crippen LogP contribution in [-0.2, 0) is 18.4 Å². The summed E-state index contributed by atoms with van der Waals surface area (Å²) in [4.78, 5) is 26.8. The molecule has 1 heterocycles. The highest BCUT2D eigenvalue weighted by Crippen LogP contribution is 2.43. The van der Waals surface area contributed by atoms with E-state index in [4.69, 9.17) is 8.85 Å². The third kappa shape index (κ3) is 7.86. The van der Waals surface area contributed by atoms with E-state index in [2.05, 4.69) is 82.9 Å². The molecule has 2 amide bonds. The minimum absolute atomic E-state index is 0.0157. The van der Waals surface area contributed by atoms with Gasteiger partial charge in [0.05, 0.1) is 23.6 Å². The first-order valence-corrected chi connectivity index (χ1v) is 20.5. The lowest BCUT2D eigenvalue weighted by Crippen LogP contribution is -2.56. The summed E-state index contributed by atoms with van der Waals surface area (Å²) in [5, 5.41) is 8.63. The van der Waals surface area contributed by atoms with E-state index >= 15 is 0 Å². The fourth-order valence-electron chi connectivity index (χ4n) is 4.71. The monoisotopic (exact) mass is 625 g/mol. The first-order chi connectivity index (χ1) is 19.1. The largest absolute Gasteiger partial charge is 0.435 e. The molecule has 42 heavy (non-hydrogen) atoms. The van der Waals surface area contributed by atoms with Crippen molar-refractivity contribution in [2.75, 3.05) is 5.01 Å². The molecular formula is C30H49F2N3O5Si2. The van der Waals surface area contributed by atoms with Gasteiger partial charge < -0.3 is 18.9 Å². The normalized spacial score (nSPS) is 24.2. The molecule has 1 aliphatic carbocycles. The summed E-state index contributed by atoms with van der Waals surface area (Å²) < 4.78 is 43.2. The van der Waals surface area contributed by atoms with Crippen molar-refractivity contribution in [2.45, 2.75) is 129 Å². The molecule has 236 valence electrons. The summed E-state index contributed by atoms with van der Waals surface area (Å²) in [5.74, 6) is -1.99. The fourth-order valence-corrected chi connectivity index (χ4v) is 7.45. The number of carbonyl (C=O) groups excluding carboxylic acids is 2. The highest BCUT2D eigenvalue weighted by molar-refractivity contribution is 6.74. The van der Waals surface area contributed by atoms with E-state index in [0.717, 1.165) is 17.9 Å². The molecule has 1 aromatic carbocycles. The molecule has 0 saturated heterocycles. The topological polar surface area (TPSA) is 89.5 Å². The van der Waals surface area contributed by atoms with E-state index in [1.807, 2.05) is 0 Å². The van der Waals surface area contributed by atoms with Crippen LogP contribution in [0.3, 0.4) is 0 Å². The molecule has 1 N–H and O–H groups in total. The van der Waals surface area contributed by atoms with Crippen LogP contribution in [0.2, 0.25) is 36.3 Å². The van der Waals surface area contributed by atoms with Crippen molar-refractivity contribution in [3.63, 3.8) is 0 Å². The van der Waals surface area contributed by atoms with Crippen molar-refractivity contribution in [3.05, 3.63) is 24.3 Å². The Balaban J connectivity index is 1.74. The van der Waals surface area contributed by atoms with E-state index in [1.165, 1.54) is 24.3 Å². The lowest BCUT2D eigenvalue weighted by atomic mass is 9.90. The molecule has 0 bridgehead atoms. The number of hydrazone groups is 1. The number of alkyl halides is 2. The second kappa shape index (κ2) is 12.5. The van der Waals surface area contributed by atoms with Crippen molar-refractivity contribution < 1.29 is 32.0 Å². The van der Waals surface area contributed by atoms with Crippen molar-refractivity contribution >= 4 is 39.8 Å². The first kappa shape index (κ1) is 34.3. The van der Waals surface area contributed by atoms with E-state index in [9.17, 15) is 18.4 Å². The Labute approximate surface area is 251 Å². The number of nitrogens with zero attached hydrogens (tertiary/aromatic N) is 2. The Hall–Kier alpha value is -2.16. The molecule has 1 aliphatic heterocycles. The second-order valence-electron chi connectivity index (χ2n) is 14.5. The fraction of sp³-hybridized carbons (Fsp3) is 0.700. The molecule has 3 rings (SSSR count).